The number of allylic oxidation sites excluding steroid dienone is 4. The monoisotopic (exact) mass is 1820 g/mol. The Balaban J connectivity index is 0.000000121. The lowest BCUT2D eigenvalue weighted by molar-refractivity contribution is -0.128. The Labute approximate surface area is 768 Å². The molecule has 0 aliphatic carbocycles. The molecule has 0 radical (unpaired) electrons. The third-order valence-corrected chi connectivity index (χ3v) is 25.8. The lowest BCUT2D eigenvalue weighted by atomic mass is 9.93. The van der Waals surface area contributed by atoms with Crippen molar-refractivity contribution in [2.45, 2.75) is 27.7 Å². The average Bonchev–Trinajstić information content (AvgIpc) is 1.26. The van der Waals surface area contributed by atoms with E-state index in [4.69, 9.17) is 46.4 Å². The number of nitrogens with one attached hydrogen (secondary N) is 8. The molecule has 12 aromatic rings. The van der Waals surface area contributed by atoms with Gasteiger partial charge in [0, 0.05) is 252 Å². The molecule has 660 valence electrons. The molecule has 8 aromatic carbocycles. The summed E-state index contributed by atoms with van der Waals surface area (Å²) in [6.45, 7) is 32.4. The number of carbonyl (C=O) groups is 4. The Morgan fingerprint density at radius 3 is 1.06 bits per heavy atom. The standard InChI is InChI=1S/C25H23ClFN5O.C25H24ClN5O.C24H22ClFN6O.C24H23ClN6O/c1-3-21(33)32-11-9-31(10-12-32)20-5-4-8-28-25-16(20)13-18(26)23(24(25)27)22-15(2)6-7-19-17(22)14-29-30-19;1-3-24(32)31-11-9-30(10-12-31)23-5-4-8-27-22-14-17(20(26)13-18(22)23)25-16(2)6-7-21-19(25)15-28-29-21;1-3-19(33)31-8-10-32(11-9-31)24-15-12-17(25)21(22(26)23(15)27-6-7-28-24)20-14(2)4-5-18-16(20)13-29-30-18;1-3-22(32)30-8-10-31(11-9-30)24-17-12-19(25)16(13-21(17)26-6-7-27-24)23-15(2)4-5-20-18(23)14-28-29-20/h3-8,13-14,28H,1,9-12H2,2H3,(H,29,30);3-8,13-15,27H,1,9-12H2,2H3,(H,28,29);3-7,12-13,27H,1,8-11H2,2H3,(H,29,30);3-7,12-14,26H,1,8-11H2,2H3,(H,28,29). The Bertz CT molecular complexity index is 6450. The van der Waals surface area contributed by atoms with Gasteiger partial charge in [-0.25, -0.2) is 18.8 Å². The lowest BCUT2D eigenvalue weighted by Crippen LogP contribution is -2.50. The molecule has 32 heteroatoms. The number of fused-ring (bicyclic) bond motifs is 8. The number of halogens is 6. The first-order valence-corrected chi connectivity index (χ1v) is 44.0. The van der Waals surface area contributed by atoms with Crippen molar-refractivity contribution >= 4 is 159 Å². The minimum Gasteiger partial charge on any atom is -0.367 e. The molecule has 8 N–H and O–H groups in total. The average molecular weight is 1820 g/mol. The van der Waals surface area contributed by atoms with Gasteiger partial charge in [0.15, 0.2) is 11.6 Å². The Hall–Kier alpha value is -14.3. The molecular formula is C98H92Cl4F2N22O4. The fourth-order valence-electron chi connectivity index (χ4n) is 17.9. The number of aromatic amines is 4. The summed E-state index contributed by atoms with van der Waals surface area (Å²) in [5.41, 5.74) is 21.6. The summed E-state index contributed by atoms with van der Waals surface area (Å²) in [6.07, 6.45) is 30.8. The van der Waals surface area contributed by atoms with Gasteiger partial charge in [0.1, 0.15) is 11.7 Å². The summed E-state index contributed by atoms with van der Waals surface area (Å²) < 4.78 is 32.2. The number of anilines is 4. The third-order valence-electron chi connectivity index (χ3n) is 24.6. The maximum atomic E-state index is 16.1. The van der Waals surface area contributed by atoms with Gasteiger partial charge in [-0.1, -0.05) is 97.0 Å². The molecule has 8 aliphatic heterocycles. The molecule has 12 heterocycles. The normalized spacial score (nSPS) is 15.7. The van der Waals surface area contributed by atoms with Crippen molar-refractivity contribution in [2.24, 2.45) is 9.98 Å². The molecule has 4 aromatic heterocycles. The first kappa shape index (κ1) is 87.7. The van der Waals surface area contributed by atoms with E-state index in [0.717, 1.165) is 147 Å². The molecule has 26 nitrogen and oxygen atoms in total. The summed E-state index contributed by atoms with van der Waals surface area (Å²) in [6, 6.07) is 27.7. The van der Waals surface area contributed by atoms with E-state index in [1.807, 2.05) is 121 Å². The predicted molar refractivity (Wildman–Crippen MR) is 519 cm³/mol. The van der Waals surface area contributed by atoms with Crippen LogP contribution in [-0.2, 0) is 19.2 Å². The summed E-state index contributed by atoms with van der Waals surface area (Å²) >= 11 is 27.2. The van der Waals surface area contributed by atoms with Crippen LogP contribution in [0, 0.1) is 39.3 Å². The van der Waals surface area contributed by atoms with E-state index < -0.39 is 11.6 Å². The predicted octanol–water partition coefficient (Wildman–Crippen LogP) is 18.2. The fourth-order valence-corrected chi connectivity index (χ4v) is 19.0. The van der Waals surface area contributed by atoms with Crippen molar-refractivity contribution in [3.8, 4) is 44.5 Å². The van der Waals surface area contributed by atoms with Crippen LogP contribution in [-0.4, -0.2) is 220 Å². The molecule has 0 saturated carbocycles. The first-order valence-electron chi connectivity index (χ1n) is 42.5. The van der Waals surface area contributed by atoms with Gasteiger partial charge in [0.2, 0.25) is 23.6 Å². The highest BCUT2D eigenvalue weighted by Gasteiger charge is 2.34. The maximum absolute atomic E-state index is 16.1. The van der Waals surface area contributed by atoms with E-state index in [0.29, 0.717) is 157 Å². The van der Waals surface area contributed by atoms with E-state index in [9.17, 15) is 19.2 Å². The Morgan fingerprint density at radius 1 is 0.346 bits per heavy atom. The number of amidine groups is 2. The third kappa shape index (κ3) is 17.2. The second-order valence-corrected chi connectivity index (χ2v) is 33.7. The number of hydrogen-bond donors (Lipinski definition) is 8. The van der Waals surface area contributed by atoms with Crippen molar-refractivity contribution in [2.75, 3.05) is 126 Å². The summed E-state index contributed by atoms with van der Waals surface area (Å²) in [4.78, 5) is 72.8. The zero-order valence-electron chi connectivity index (χ0n) is 71.8. The van der Waals surface area contributed by atoms with Crippen molar-refractivity contribution < 1.29 is 28.0 Å². The van der Waals surface area contributed by atoms with Crippen molar-refractivity contribution in [3.05, 3.63) is 298 Å². The molecule has 4 amide bonds. The zero-order chi connectivity index (χ0) is 90.7. The van der Waals surface area contributed by atoms with Crippen LogP contribution < -0.4 is 21.3 Å². The molecule has 0 spiro atoms. The van der Waals surface area contributed by atoms with Crippen LogP contribution in [0.1, 0.15) is 44.5 Å². The second-order valence-electron chi connectivity index (χ2n) is 32.1. The number of amides is 4. The van der Waals surface area contributed by atoms with Gasteiger partial charge >= 0.3 is 0 Å². The van der Waals surface area contributed by atoms with E-state index in [2.05, 4.69) is 157 Å². The first-order chi connectivity index (χ1) is 63.1. The van der Waals surface area contributed by atoms with Crippen LogP contribution >= 0.6 is 46.4 Å². The Morgan fingerprint density at radius 2 is 0.654 bits per heavy atom. The number of nitrogens with zero attached hydrogens (tertiary/aromatic N) is 14. The highest BCUT2D eigenvalue weighted by Crippen LogP contribution is 2.48. The number of aromatic nitrogens is 8. The minimum atomic E-state index is -0.450. The Kier molecular flexibility index (Phi) is 25.6. The number of aliphatic imine (C=N–C) groups is 2. The van der Waals surface area contributed by atoms with Gasteiger partial charge in [-0.3, -0.25) is 39.6 Å². The van der Waals surface area contributed by atoms with Gasteiger partial charge in [-0.05, 0) is 170 Å². The van der Waals surface area contributed by atoms with E-state index in [1.165, 1.54) is 24.3 Å². The topological polar surface area (TPSA) is 282 Å². The molecule has 0 atom stereocenters. The van der Waals surface area contributed by atoms with Gasteiger partial charge < -0.3 is 60.5 Å². The van der Waals surface area contributed by atoms with E-state index >= 15 is 8.78 Å². The molecule has 4 fully saturated rings. The molecule has 20 rings (SSSR count). The number of benzene rings is 8. The number of H-pyrrole nitrogens is 4. The number of piperazine rings is 4. The van der Waals surface area contributed by atoms with Crippen LogP contribution in [0.3, 0.4) is 0 Å². The summed E-state index contributed by atoms with van der Waals surface area (Å²) in [7, 11) is 0. The number of aryl methyl sites for hydroxylation is 4. The number of carbonyl (C=O) groups excluding carboxylic acids is 4. The summed E-state index contributed by atoms with van der Waals surface area (Å²) in [5, 5.41) is 47.2. The number of rotatable bonds is 10. The molecular weight excluding hydrogens is 1730 g/mol. The molecule has 8 aliphatic rings. The van der Waals surface area contributed by atoms with Crippen molar-refractivity contribution in [1.82, 2.24) is 80.0 Å². The molecule has 0 unspecified atom stereocenters. The maximum Gasteiger partial charge on any atom is 0.246 e. The number of hydrogen-bond acceptors (Lipinski definition) is 18. The van der Waals surface area contributed by atoms with Crippen LogP contribution in [0.4, 0.5) is 31.5 Å². The van der Waals surface area contributed by atoms with E-state index in [-0.39, 0.29) is 23.6 Å². The van der Waals surface area contributed by atoms with E-state index in [1.54, 1.807) is 58.0 Å². The summed E-state index contributed by atoms with van der Waals surface area (Å²) in [5.74, 6) is 0.377. The largest absolute Gasteiger partial charge is 0.367 e. The molecule has 130 heavy (non-hydrogen) atoms. The van der Waals surface area contributed by atoms with Crippen LogP contribution in [0.15, 0.2) is 232 Å². The van der Waals surface area contributed by atoms with Gasteiger partial charge in [-0.2, -0.15) is 20.4 Å². The highest BCUT2D eigenvalue weighted by atomic mass is 35.5. The fraction of sp³-hybridized carbons (Fsp3) is 0.204. The highest BCUT2D eigenvalue weighted by molar-refractivity contribution is 6.36. The lowest BCUT2D eigenvalue weighted by Gasteiger charge is -2.37. The van der Waals surface area contributed by atoms with Gasteiger partial charge in [-0.15, -0.1) is 0 Å². The second kappa shape index (κ2) is 37.9. The molecule has 0 bridgehead atoms. The van der Waals surface area contributed by atoms with Gasteiger partial charge in [0.25, 0.3) is 0 Å². The SMILES string of the molecule is C=CC(=O)N1CCN(C2=CC=CNc3c2cc(Cl)c(-c2c(C)ccc4[nH]ncc24)c3F)CC1.C=CC(=O)N1CCN(C2=CC=CNc3cc(-c4c(C)ccc5[nH]ncc45)c(Cl)cc32)CC1.C=CC(=O)N1CCN(C2=NC=CNc3c2cc(Cl)c(-c2c(C)ccc4[nH]ncc24)c3F)CC1.C=CC(=O)N1CCN(C2=NC=CNc3cc(-c4c(C)ccc5[nH]ncc45)c(Cl)cc32)CC1. The van der Waals surface area contributed by atoms with Crippen LogP contribution in [0.25, 0.3) is 99.5 Å². The van der Waals surface area contributed by atoms with Gasteiger partial charge in [0.05, 0.1) is 68.3 Å². The van der Waals surface area contributed by atoms with Crippen LogP contribution in [0.5, 0.6) is 0 Å². The quantitative estimate of drug-likeness (QED) is 0.0591. The van der Waals surface area contributed by atoms with Crippen molar-refractivity contribution in [3.63, 3.8) is 0 Å². The smallest absolute Gasteiger partial charge is 0.246 e. The minimum absolute atomic E-state index is 0.0158. The van der Waals surface area contributed by atoms with Crippen molar-refractivity contribution in [1.29, 1.82) is 0 Å². The zero-order valence-corrected chi connectivity index (χ0v) is 74.8. The van der Waals surface area contributed by atoms with Crippen LogP contribution in [0.2, 0.25) is 20.1 Å². The molecule has 4 saturated heterocycles.